The molecule has 0 saturated heterocycles. The molecule has 2 aromatic carbocycles. The monoisotopic (exact) mass is 345 g/mol. The number of hydrogen-bond donors (Lipinski definition) is 4. The van der Waals surface area contributed by atoms with Gasteiger partial charge in [-0.25, -0.2) is 0 Å². The van der Waals surface area contributed by atoms with Crippen molar-refractivity contribution in [2.75, 3.05) is 13.2 Å². The molecule has 2 aromatic rings. The first-order chi connectivity index (χ1) is 11.8. The summed E-state index contributed by atoms with van der Waals surface area (Å²) in [5.41, 5.74) is 0.0326. The molecule has 0 unspecified atom stereocenters. The fourth-order valence-corrected chi connectivity index (χ4v) is 2.49. The highest BCUT2D eigenvalue weighted by Gasteiger charge is 2.27. The summed E-state index contributed by atoms with van der Waals surface area (Å²) >= 11 is 0. The molecule has 0 aliphatic rings. The van der Waals surface area contributed by atoms with Gasteiger partial charge in [0, 0.05) is 12.6 Å². The van der Waals surface area contributed by atoms with Crippen molar-refractivity contribution in [1.29, 1.82) is 0 Å². The normalized spacial score (nSPS) is 14.1. The predicted molar refractivity (Wildman–Crippen MR) is 97.8 cm³/mol. The first kappa shape index (κ1) is 19.2. The van der Waals surface area contributed by atoms with Crippen LogP contribution < -0.4 is 10.1 Å². The van der Waals surface area contributed by atoms with Crippen LogP contribution in [0, 0.1) is 0 Å². The van der Waals surface area contributed by atoms with Crippen molar-refractivity contribution in [3.05, 3.63) is 60.2 Å². The van der Waals surface area contributed by atoms with Crippen molar-refractivity contribution < 1.29 is 20.1 Å². The van der Waals surface area contributed by atoms with E-state index >= 15 is 0 Å². The van der Waals surface area contributed by atoms with E-state index in [2.05, 4.69) is 5.32 Å². The largest absolute Gasteiger partial charge is 0.508 e. The quantitative estimate of drug-likeness (QED) is 0.560. The molecule has 4 N–H and O–H groups in total. The van der Waals surface area contributed by atoms with E-state index in [1.165, 1.54) is 0 Å². The number of rotatable bonds is 9. The summed E-state index contributed by atoms with van der Waals surface area (Å²) in [5.74, 6) is 0.926. The van der Waals surface area contributed by atoms with Gasteiger partial charge in [0.15, 0.2) is 0 Å². The summed E-state index contributed by atoms with van der Waals surface area (Å²) in [7, 11) is 0. The Morgan fingerprint density at radius 3 is 2.28 bits per heavy atom. The molecule has 0 bridgehead atoms. The van der Waals surface area contributed by atoms with Crippen molar-refractivity contribution in [3.63, 3.8) is 0 Å². The number of phenolic OH excluding ortho intramolecular Hbond substituents is 1. The van der Waals surface area contributed by atoms with E-state index < -0.39 is 11.7 Å². The van der Waals surface area contributed by atoms with E-state index in [1.54, 1.807) is 26.0 Å². The lowest BCUT2D eigenvalue weighted by atomic mass is 9.92. The van der Waals surface area contributed by atoms with Gasteiger partial charge in [0.1, 0.15) is 24.2 Å². The summed E-state index contributed by atoms with van der Waals surface area (Å²) in [6.45, 7) is 3.95. The van der Waals surface area contributed by atoms with Crippen molar-refractivity contribution in [1.82, 2.24) is 5.32 Å². The highest BCUT2D eigenvalue weighted by atomic mass is 16.5. The number of hydrogen-bond acceptors (Lipinski definition) is 5. The molecule has 2 rings (SSSR count). The van der Waals surface area contributed by atoms with Gasteiger partial charge in [-0.2, -0.15) is 0 Å². The summed E-state index contributed by atoms with van der Waals surface area (Å²) in [4.78, 5) is 0. The zero-order valence-electron chi connectivity index (χ0n) is 14.7. The van der Waals surface area contributed by atoms with Gasteiger partial charge in [0.25, 0.3) is 0 Å². The van der Waals surface area contributed by atoms with Gasteiger partial charge >= 0.3 is 0 Å². The van der Waals surface area contributed by atoms with Crippen LogP contribution in [0.3, 0.4) is 0 Å². The first-order valence-corrected chi connectivity index (χ1v) is 8.44. The molecule has 0 radical (unpaired) electrons. The third-order valence-electron chi connectivity index (χ3n) is 4.01. The van der Waals surface area contributed by atoms with Crippen LogP contribution in [0.2, 0.25) is 0 Å². The second-order valence-corrected chi connectivity index (χ2v) is 6.76. The average Bonchev–Trinajstić information content (AvgIpc) is 2.58. The number of phenols is 1. The van der Waals surface area contributed by atoms with E-state index in [9.17, 15) is 15.3 Å². The molecule has 2 atom stereocenters. The van der Waals surface area contributed by atoms with Crippen LogP contribution in [0.4, 0.5) is 0 Å². The zero-order chi connectivity index (χ0) is 18.3. The maximum atomic E-state index is 10.4. The van der Waals surface area contributed by atoms with E-state index in [1.807, 2.05) is 42.5 Å². The SMILES string of the molecule is CC(C)(O)[C@H](Cc1ccc(O)cc1)NC[C@H](O)COc1ccccc1. The lowest BCUT2D eigenvalue weighted by Crippen LogP contribution is -2.50. The van der Waals surface area contributed by atoms with Crippen LogP contribution in [0.5, 0.6) is 11.5 Å². The minimum atomic E-state index is -0.960. The Morgan fingerprint density at radius 2 is 1.68 bits per heavy atom. The number of nitrogens with one attached hydrogen (secondary N) is 1. The van der Waals surface area contributed by atoms with Crippen LogP contribution in [-0.4, -0.2) is 46.2 Å². The molecule has 0 aliphatic carbocycles. The lowest BCUT2D eigenvalue weighted by molar-refractivity contribution is 0.0281. The number of aromatic hydroxyl groups is 1. The van der Waals surface area contributed by atoms with Crippen molar-refractivity contribution in [2.24, 2.45) is 0 Å². The number of para-hydroxylation sites is 1. The van der Waals surface area contributed by atoms with Crippen molar-refractivity contribution in [3.8, 4) is 11.5 Å². The number of ether oxygens (including phenoxy) is 1. The van der Waals surface area contributed by atoms with Crippen LogP contribution in [0.25, 0.3) is 0 Å². The third-order valence-corrected chi connectivity index (χ3v) is 4.01. The molecule has 5 nitrogen and oxygen atoms in total. The molecule has 0 fully saturated rings. The molecule has 0 aromatic heterocycles. The fraction of sp³-hybridized carbons (Fsp3) is 0.400. The summed E-state index contributed by atoms with van der Waals surface area (Å²) < 4.78 is 5.54. The number of aliphatic hydroxyl groups is 2. The highest BCUT2D eigenvalue weighted by molar-refractivity contribution is 5.26. The number of aliphatic hydroxyl groups excluding tert-OH is 1. The Bertz CT molecular complexity index is 622. The fourth-order valence-electron chi connectivity index (χ4n) is 2.49. The molecular formula is C20H27NO4. The summed E-state index contributed by atoms with van der Waals surface area (Å²) in [6, 6.07) is 16.0. The second-order valence-electron chi connectivity index (χ2n) is 6.76. The van der Waals surface area contributed by atoms with Crippen molar-refractivity contribution in [2.45, 2.75) is 38.0 Å². The van der Waals surface area contributed by atoms with E-state index in [4.69, 9.17) is 4.74 Å². The Labute approximate surface area is 148 Å². The van der Waals surface area contributed by atoms with E-state index in [0.717, 1.165) is 5.56 Å². The van der Waals surface area contributed by atoms with Crippen LogP contribution in [-0.2, 0) is 6.42 Å². The van der Waals surface area contributed by atoms with Crippen molar-refractivity contribution >= 4 is 0 Å². The Hall–Kier alpha value is -2.08. The molecule has 0 spiro atoms. The van der Waals surface area contributed by atoms with Crippen LogP contribution >= 0.6 is 0 Å². The summed E-state index contributed by atoms with van der Waals surface area (Å²) in [6.07, 6.45) is -0.111. The third kappa shape index (κ3) is 6.74. The Balaban J connectivity index is 1.85. The van der Waals surface area contributed by atoms with Crippen LogP contribution in [0.15, 0.2) is 54.6 Å². The Morgan fingerprint density at radius 1 is 1.04 bits per heavy atom. The smallest absolute Gasteiger partial charge is 0.119 e. The number of benzene rings is 2. The van der Waals surface area contributed by atoms with Gasteiger partial charge in [-0.15, -0.1) is 0 Å². The van der Waals surface area contributed by atoms with Gasteiger partial charge in [0.05, 0.1) is 5.60 Å². The van der Waals surface area contributed by atoms with Gasteiger partial charge in [-0.05, 0) is 50.1 Å². The second kappa shape index (κ2) is 8.85. The summed E-state index contributed by atoms with van der Waals surface area (Å²) in [5, 5.41) is 33.1. The minimum Gasteiger partial charge on any atom is -0.508 e. The van der Waals surface area contributed by atoms with E-state index in [0.29, 0.717) is 18.7 Å². The molecule has 0 heterocycles. The lowest BCUT2D eigenvalue weighted by Gasteiger charge is -2.31. The average molecular weight is 345 g/mol. The van der Waals surface area contributed by atoms with Gasteiger partial charge in [-0.3, -0.25) is 0 Å². The molecule has 5 heteroatoms. The topological polar surface area (TPSA) is 82.0 Å². The maximum absolute atomic E-state index is 10.4. The van der Waals surface area contributed by atoms with Gasteiger partial charge < -0.3 is 25.4 Å². The standard InChI is InChI=1S/C20H27NO4/c1-20(2,24)19(12-15-8-10-16(22)11-9-15)21-13-17(23)14-25-18-6-4-3-5-7-18/h3-11,17,19,21-24H,12-14H2,1-2H3/t17-,19-/m0/s1. The molecule has 136 valence electrons. The van der Waals surface area contributed by atoms with Gasteiger partial charge in [-0.1, -0.05) is 30.3 Å². The molecule has 0 amide bonds. The molecule has 0 saturated carbocycles. The van der Waals surface area contributed by atoms with Gasteiger partial charge in [0.2, 0.25) is 0 Å². The van der Waals surface area contributed by atoms with E-state index in [-0.39, 0.29) is 18.4 Å². The zero-order valence-corrected chi connectivity index (χ0v) is 14.7. The maximum Gasteiger partial charge on any atom is 0.119 e. The molecule has 0 aliphatic heterocycles. The predicted octanol–water partition coefficient (Wildman–Crippen LogP) is 2.10. The first-order valence-electron chi connectivity index (χ1n) is 8.44. The van der Waals surface area contributed by atoms with Crippen LogP contribution in [0.1, 0.15) is 19.4 Å². The molecular weight excluding hydrogens is 318 g/mol. The minimum absolute atomic E-state index is 0.175. The Kier molecular flexibility index (Phi) is 6.82. The highest BCUT2D eigenvalue weighted by Crippen LogP contribution is 2.17. The molecule has 25 heavy (non-hydrogen) atoms.